The molecule has 0 fully saturated rings. The van der Waals surface area contributed by atoms with Gasteiger partial charge in [0.1, 0.15) is 5.75 Å². The molecular formula is C21H26N2O4. The molecule has 0 unspecified atom stereocenters. The van der Waals surface area contributed by atoms with Crippen LogP contribution in [0.15, 0.2) is 48.5 Å². The Bertz CT molecular complexity index is 776. The van der Waals surface area contributed by atoms with E-state index >= 15 is 0 Å². The lowest BCUT2D eigenvalue weighted by Gasteiger charge is -2.16. The second kappa shape index (κ2) is 10.2. The number of benzene rings is 2. The van der Waals surface area contributed by atoms with Gasteiger partial charge in [-0.1, -0.05) is 37.6 Å². The molecule has 0 aliphatic heterocycles. The van der Waals surface area contributed by atoms with Gasteiger partial charge in [-0.15, -0.1) is 0 Å². The van der Waals surface area contributed by atoms with Gasteiger partial charge >= 0.3 is 5.97 Å². The molecule has 2 aromatic carbocycles. The minimum Gasteiger partial charge on any atom is -0.495 e. The average molecular weight is 370 g/mol. The number of unbranched alkanes of at least 4 members (excludes halogenated alkanes) is 1. The van der Waals surface area contributed by atoms with Crippen molar-refractivity contribution >= 4 is 23.3 Å². The molecule has 2 rings (SSSR count). The summed E-state index contributed by atoms with van der Waals surface area (Å²) in [5.74, 6) is -0.434. The van der Waals surface area contributed by atoms with Gasteiger partial charge in [-0.3, -0.25) is 4.79 Å². The van der Waals surface area contributed by atoms with Crippen LogP contribution in [0.25, 0.3) is 0 Å². The molecule has 0 saturated heterocycles. The molecule has 144 valence electrons. The van der Waals surface area contributed by atoms with Gasteiger partial charge in [0.15, 0.2) is 6.10 Å². The van der Waals surface area contributed by atoms with E-state index in [2.05, 4.69) is 17.6 Å². The van der Waals surface area contributed by atoms with Crippen molar-refractivity contribution in [2.45, 2.75) is 32.8 Å². The Morgan fingerprint density at radius 2 is 1.70 bits per heavy atom. The van der Waals surface area contributed by atoms with Gasteiger partial charge in [-0.2, -0.15) is 0 Å². The van der Waals surface area contributed by atoms with Crippen molar-refractivity contribution < 1.29 is 19.1 Å². The molecule has 6 nitrogen and oxygen atoms in total. The number of methoxy groups -OCH3 is 1. The second-order valence-electron chi connectivity index (χ2n) is 6.06. The van der Waals surface area contributed by atoms with E-state index in [1.807, 2.05) is 12.1 Å². The summed E-state index contributed by atoms with van der Waals surface area (Å²) in [6.07, 6.45) is 1.10. The number of hydrogen-bond donors (Lipinski definition) is 2. The van der Waals surface area contributed by atoms with E-state index in [0.29, 0.717) is 22.7 Å². The lowest BCUT2D eigenvalue weighted by molar-refractivity contribution is -0.123. The van der Waals surface area contributed by atoms with Gasteiger partial charge < -0.3 is 20.1 Å². The van der Waals surface area contributed by atoms with E-state index in [0.717, 1.165) is 19.4 Å². The van der Waals surface area contributed by atoms with Gasteiger partial charge in [0.25, 0.3) is 5.91 Å². The van der Waals surface area contributed by atoms with Crippen molar-refractivity contribution in [2.75, 3.05) is 24.3 Å². The minimum absolute atomic E-state index is 0.408. The van der Waals surface area contributed by atoms with Crippen LogP contribution in [-0.2, 0) is 9.53 Å². The molecule has 0 heterocycles. The molecule has 0 radical (unpaired) electrons. The largest absolute Gasteiger partial charge is 0.495 e. The lowest BCUT2D eigenvalue weighted by Crippen LogP contribution is -2.30. The fraction of sp³-hybridized carbons (Fsp3) is 0.333. The molecule has 0 saturated carbocycles. The topological polar surface area (TPSA) is 76.7 Å². The molecule has 2 N–H and O–H groups in total. The fourth-order valence-electron chi connectivity index (χ4n) is 2.47. The zero-order valence-electron chi connectivity index (χ0n) is 16.0. The predicted octanol–water partition coefficient (Wildman–Crippen LogP) is 4.09. The minimum atomic E-state index is -0.953. The molecule has 0 bridgehead atoms. The number of para-hydroxylation sites is 3. The number of anilines is 2. The fourth-order valence-corrected chi connectivity index (χ4v) is 2.47. The van der Waals surface area contributed by atoms with Crippen molar-refractivity contribution in [2.24, 2.45) is 0 Å². The van der Waals surface area contributed by atoms with Crippen molar-refractivity contribution in [3.63, 3.8) is 0 Å². The molecule has 0 spiro atoms. The first kappa shape index (κ1) is 20.3. The molecule has 6 heteroatoms. The van der Waals surface area contributed by atoms with Crippen LogP contribution < -0.4 is 15.4 Å². The summed E-state index contributed by atoms with van der Waals surface area (Å²) < 4.78 is 10.6. The van der Waals surface area contributed by atoms with E-state index in [-0.39, 0.29) is 0 Å². The maximum Gasteiger partial charge on any atom is 0.341 e. The molecule has 27 heavy (non-hydrogen) atoms. The Hall–Kier alpha value is -3.02. The first-order chi connectivity index (χ1) is 13.1. The maximum absolute atomic E-state index is 12.5. The Kier molecular flexibility index (Phi) is 7.67. The Labute approximate surface area is 159 Å². The van der Waals surface area contributed by atoms with Gasteiger partial charge in [-0.25, -0.2) is 4.79 Å². The van der Waals surface area contributed by atoms with Crippen molar-refractivity contribution in [3.8, 4) is 5.75 Å². The molecular weight excluding hydrogens is 344 g/mol. The summed E-state index contributed by atoms with van der Waals surface area (Å²) in [5.41, 5.74) is 1.63. The highest BCUT2D eigenvalue weighted by Gasteiger charge is 2.21. The number of nitrogens with one attached hydrogen (secondary N) is 2. The highest BCUT2D eigenvalue weighted by molar-refractivity contribution is 6.00. The summed E-state index contributed by atoms with van der Waals surface area (Å²) in [7, 11) is 1.52. The summed E-state index contributed by atoms with van der Waals surface area (Å²) in [6.45, 7) is 4.41. The van der Waals surface area contributed by atoms with Gasteiger partial charge in [-0.05, 0) is 37.6 Å². The lowest BCUT2D eigenvalue weighted by atomic mass is 10.1. The Morgan fingerprint density at radius 3 is 2.41 bits per heavy atom. The molecule has 0 aliphatic carbocycles. The Morgan fingerprint density at radius 1 is 1.04 bits per heavy atom. The maximum atomic E-state index is 12.5. The second-order valence-corrected chi connectivity index (χ2v) is 6.06. The van der Waals surface area contributed by atoms with Crippen molar-refractivity contribution in [1.29, 1.82) is 0 Å². The molecule has 0 aliphatic rings. The number of esters is 1. The smallest absolute Gasteiger partial charge is 0.341 e. The highest BCUT2D eigenvalue weighted by atomic mass is 16.5. The van der Waals surface area contributed by atoms with Crippen LogP contribution in [0.4, 0.5) is 11.4 Å². The first-order valence-electron chi connectivity index (χ1n) is 9.04. The van der Waals surface area contributed by atoms with Crippen LogP contribution in [0.3, 0.4) is 0 Å². The zero-order valence-corrected chi connectivity index (χ0v) is 16.0. The normalized spacial score (nSPS) is 11.4. The van der Waals surface area contributed by atoms with Gasteiger partial charge in [0, 0.05) is 12.2 Å². The van der Waals surface area contributed by atoms with Crippen LogP contribution in [0.5, 0.6) is 5.75 Å². The predicted molar refractivity (Wildman–Crippen MR) is 106 cm³/mol. The highest BCUT2D eigenvalue weighted by Crippen LogP contribution is 2.23. The quantitative estimate of drug-likeness (QED) is 0.513. The SMILES string of the molecule is CCCCNc1ccccc1C(=O)O[C@H](C)C(=O)Nc1ccccc1OC. The Balaban J connectivity index is 2.01. The third kappa shape index (κ3) is 5.74. The number of carbonyl (C=O) groups is 2. The monoisotopic (exact) mass is 370 g/mol. The summed E-state index contributed by atoms with van der Waals surface area (Å²) in [6, 6.07) is 14.2. The van der Waals surface area contributed by atoms with E-state index < -0.39 is 18.0 Å². The molecule has 0 aromatic heterocycles. The van der Waals surface area contributed by atoms with E-state index in [9.17, 15) is 9.59 Å². The summed E-state index contributed by atoms with van der Waals surface area (Å²) in [4.78, 5) is 24.9. The van der Waals surface area contributed by atoms with Crippen LogP contribution in [-0.4, -0.2) is 31.6 Å². The number of rotatable bonds is 9. The third-order valence-corrected chi connectivity index (χ3v) is 4.01. The van der Waals surface area contributed by atoms with E-state index in [4.69, 9.17) is 9.47 Å². The van der Waals surface area contributed by atoms with Gasteiger partial charge in [0.05, 0.1) is 18.4 Å². The third-order valence-electron chi connectivity index (χ3n) is 4.01. The summed E-state index contributed by atoms with van der Waals surface area (Å²) in [5, 5.41) is 5.95. The van der Waals surface area contributed by atoms with Crippen LogP contribution in [0, 0.1) is 0 Å². The van der Waals surface area contributed by atoms with E-state index in [1.165, 1.54) is 14.0 Å². The van der Waals surface area contributed by atoms with Crippen LogP contribution in [0.1, 0.15) is 37.0 Å². The standard InChI is InChI=1S/C21H26N2O4/c1-4-5-14-22-17-11-7-6-10-16(17)21(25)27-15(2)20(24)23-18-12-8-9-13-19(18)26-3/h6-13,15,22H,4-5,14H2,1-3H3,(H,23,24)/t15-/m1/s1. The number of carbonyl (C=O) groups excluding carboxylic acids is 2. The molecule has 1 atom stereocenters. The molecule has 1 amide bonds. The average Bonchev–Trinajstić information content (AvgIpc) is 2.68. The number of amides is 1. The number of ether oxygens (including phenoxy) is 2. The zero-order chi connectivity index (χ0) is 19.6. The molecule has 2 aromatic rings. The van der Waals surface area contributed by atoms with E-state index in [1.54, 1.807) is 36.4 Å². The van der Waals surface area contributed by atoms with Crippen molar-refractivity contribution in [3.05, 3.63) is 54.1 Å². The summed E-state index contributed by atoms with van der Waals surface area (Å²) >= 11 is 0. The van der Waals surface area contributed by atoms with Crippen molar-refractivity contribution in [1.82, 2.24) is 0 Å². The van der Waals surface area contributed by atoms with Crippen LogP contribution >= 0.6 is 0 Å². The first-order valence-corrected chi connectivity index (χ1v) is 9.04. The van der Waals surface area contributed by atoms with Gasteiger partial charge in [0.2, 0.25) is 0 Å². The van der Waals surface area contributed by atoms with Crippen LogP contribution in [0.2, 0.25) is 0 Å². The number of hydrogen-bond acceptors (Lipinski definition) is 5.